The molecule has 0 spiro atoms. The van der Waals surface area contributed by atoms with Crippen molar-refractivity contribution in [2.45, 2.75) is 38.4 Å². The van der Waals surface area contributed by atoms with Gasteiger partial charge in [0.1, 0.15) is 18.2 Å². The second-order valence-corrected chi connectivity index (χ2v) is 9.69. The van der Waals surface area contributed by atoms with Crippen molar-refractivity contribution >= 4 is 23.6 Å². The number of carbonyl (C=O) groups excluding carboxylic acids is 1. The number of ether oxygens (including phenoxy) is 2. The van der Waals surface area contributed by atoms with Crippen LogP contribution in [0.1, 0.15) is 35.7 Å². The number of carboxylic acid groups (broad SMARTS) is 1. The van der Waals surface area contributed by atoms with E-state index < -0.39 is 5.97 Å². The first-order chi connectivity index (χ1) is 18.5. The third kappa shape index (κ3) is 6.06. The highest BCUT2D eigenvalue weighted by Crippen LogP contribution is 2.33. The van der Waals surface area contributed by atoms with Gasteiger partial charge in [0.25, 0.3) is 0 Å². The SMILES string of the molecule is Cc1nc(Nc2ccc(OCC(=O)O)cc2)ccc1CN1CCC(N2C(=O)OCC2c2ccccc2)CC1. The van der Waals surface area contributed by atoms with Gasteiger partial charge in [-0.25, -0.2) is 14.6 Å². The van der Waals surface area contributed by atoms with Crippen LogP contribution in [-0.2, 0) is 16.1 Å². The molecular weight excluding hydrogens is 484 g/mol. The minimum Gasteiger partial charge on any atom is -0.482 e. The van der Waals surface area contributed by atoms with Crippen LogP contribution >= 0.6 is 0 Å². The Kier molecular flexibility index (Phi) is 7.74. The predicted octanol–water partition coefficient (Wildman–Crippen LogP) is 4.75. The fraction of sp³-hybridized carbons (Fsp3) is 0.345. The number of carboxylic acids is 1. The lowest BCUT2D eigenvalue weighted by molar-refractivity contribution is -0.139. The molecule has 1 atom stereocenters. The van der Waals surface area contributed by atoms with E-state index in [9.17, 15) is 9.59 Å². The van der Waals surface area contributed by atoms with Gasteiger partial charge >= 0.3 is 12.1 Å². The first kappa shape index (κ1) is 25.5. The van der Waals surface area contributed by atoms with Crippen LogP contribution in [0.15, 0.2) is 66.7 Å². The topological polar surface area (TPSA) is 104 Å². The van der Waals surface area contributed by atoms with E-state index >= 15 is 0 Å². The highest BCUT2D eigenvalue weighted by atomic mass is 16.6. The standard InChI is InChI=1S/C29H32N4O5/c1-20-22(7-12-27(30-20)31-23-8-10-25(11-9-23)37-19-28(34)35)17-32-15-13-24(14-16-32)33-26(18-38-29(33)36)21-5-3-2-4-6-21/h2-12,24,26H,13-19H2,1H3,(H,30,31)(H,34,35). The summed E-state index contributed by atoms with van der Waals surface area (Å²) in [5.41, 5.74) is 4.10. The molecule has 5 rings (SSSR count). The number of nitrogens with one attached hydrogen (secondary N) is 1. The fourth-order valence-electron chi connectivity index (χ4n) is 5.12. The molecular formula is C29H32N4O5. The number of pyridine rings is 1. The van der Waals surface area contributed by atoms with Gasteiger partial charge in [0.05, 0.1) is 6.04 Å². The molecule has 2 fully saturated rings. The molecule has 2 N–H and O–H groups in total. The third-order valence-corrected chi connectivity index (χ3v) is 7.12. The lowest BCUT2D eigenvalue weighted by atomic mass is 9.98. The van der Waals surface area contributed by atoms with E-state index in [-0.39, 0.29) is 24.8 Å². The van der Waals surface area contributed by atoms with E-state index in [1.165, 1.54) is 5.56 Å². The quantitative estimate of drug-likeness (QED) is 0.420. The van der Waals surface area contributed by atoms with E-state index in [4.69, 9.17) is 19.6 Å². The van der Waals surface area contributed by atoms with Crippen LogP contribution in [0.2, 0.25) is 0 Å². The Labute approximate surface area is 222 Å². The van der Waals surface area contributed by atoms with Gasteiger partial charge in [-0.3, -0.25) is 9.80 Å². The smallest absolute Gasteiger partial charge is 0.410 e. The number of cyclic esters (lactones) is 1. The summed E-state index contributed by atoms with van der Waals surface area (Å²) in [5, 5.41) is 12.0. The number of aryl methyl sites for hydroxylation is 1. The molecule has 9 nitrogen and oxygen atoms in total. The molecule has 38 heavy (non-hydrogen) atoms. The van der Waals surface area contributed by atoms with Gasteiger partial charge < -0.3 is 19.9 Å². The van der Waals surface area contributed by atoms with E-state index in [0.29, 0.717) is 12.4 Å². The van der Waals surface area contributed by atoms with Crippen molar-refractivity contribution in [1.29, 1.82) is 0 Å². The molecule has 1 unspecified atom stereocenters. The molecule has 2 saturated heterocycles. The highest BCUT2D eigenvalue weighted by molar-refractivity contribution is 5.71. The molecule has 0 radical (unpaired) electrons. The fourth-order valence-corrected chi connectivity index (χ4v) is 5.12. The lowest BCUT2D eigenvalue weighted by Crippen LogP contribution is -2.46. The van der Waals surface area contributed by atoms with Crippen molar-refractivity contribution in [2.24, 2.45) is 0 Å². The second-order valence-electron chi connectivity index (χ2n) is 9.69. The summed E-state index contributed by atoms with van der Waals surface area (Å²) in [4.78, 5) is 32.3. The van der Waals surface area contributed by atoms with Crippen LogP contribution in [0.4, 0.5) is 16.3 Å². The summed E-state index contributed by atoms with van der Waals surface area (Å²) in [6.45, 7) is 4.69. The molecule has 2 aliphatic rings. The minimum absolute atomic E-state index is 0.0137. The van der Waals surface area contributed by atoms with Gasteiger partial charge in [0.15, 0.2) is 6.61 Å². The maximum absolute atomic E-state index is 12.6. The van der Waals surface area contributed by atoms with Crippen molar-refractivity contribution in [3.63, 3.8) is 0 Å². The molecule has 198 valence electrons. The van der Waals surface area contributed by atoms with Gasteiger partial charge in [0.2, 0.25) is 0 Å². The number of anilines is 2. The Morgan fingerprint density at radius 1 is 1.08 bits per heavy atom. The van der Waals surface area contributed by atoms with Crippen LogP contribution < -0.4 is 10.1 Å². The summed E-state index contributed by atoms with van der Waals surface area (Å²) < 4.78 is 10.6. The van der Waals surface area contributed by atoms with Crippen molar-refractivity contribution in [3.05, 3.63) is 83.6 Å². The number of amides is 1. The molecule has 2 aromatic carbocycles. The number of hydrogen-bond acceptors (Lipinski definition) is 7. The van der Waals surface area contributed by atoms with Crippen molar-refractivity contribution in [1.82, 2.24) is 14.8 Å². The van der Waals surface area contributed by atoms with Gasteiger partial charge in [0, 0.05) is 37.1 Å². The number of rotatable bonds is 9. The number of hydrogen-bond donors (Lipinski definition) is 2. The Morgan fingerprint density at radius 3 is 2.50 bits per heavy atom. The largest absolute Gasteiger partial charge is 0.482 e. The normalized spacial score (nSPS) is 18.3. The number of aromatic nitrogens is 1. The zero-order valence-electron chi connectivity index (χ0n) is 21.4. The third-order valence-electron chi connectivity index (χ3n) is 7.12. The monoisotopic (exact) mass is 516 g/mol. The lowest BCUT2D eigenvalue weighted by Gasteiger charge is -2.38. The Bertz CT molecular complexity index is 1260. The molecule has 0 aliphatic carbocycles. The minimum atomic E-state index is -1.01. The highest BCUT2D eigenvalue weighted by Gasteiger charge is 2.40. The zero-order valence-corrected chi connectivity index (χ0v) is 21.4. The van der Waals surface area contributed by atoms with Crippen molar-refractivity contribution < 1.29 is 24.2 Å². The van der Waals surface area contributed by atoms with Gasteiger partial charge in [-0.05, 0) is 61.2 Å². The Balaban J connectivity index is 1.14. The Hall–Kier alpha value is -4.11. The van der Waals surface area contributed by atoms with Crippen LogP contribution in [0, 0.1) is 6.92 Å². The summed E-state index contributed by atoms with van der Waals surface area (Å²) in [5.74, 6) is 0.228. The van der Waals surface area contributed by atoms with E-state index in [1.54, 1.807) is 12.1 Å². The zero-order chi connectivity index (χ0) is 26.5. The second kappa shape index (κ2) is 11.5. The molecule has 3 heterocycles. The van der Waals surface area contributed by atoms with Crippen molar-refractivity contribution in [3.8, 4) is 5.75 Å². The molecule has 3 aromatic rings. The average molecular weight is 517 g/mol. The van der Waals surface area contributed by atoms with E-state index in [2.05, 4.69) is 28.4 Å². The number of likely N-dealkylation sites (tertiary alicyclic amines) is 1. The van der Waals surface area contributed by atoms with Crippen LogP contribution in [-0.4, -0.2) is 64.3 Å². The molecule has 0 bridgehead atoms. The predicted molar refractivity (Wildman–Crippen MR) is 142 cm³/mol. The van der Waals surface area contributed by atoms with Gasteiger partial charge in [-0.2, -0.15) is 0 Å². The summed E-state index contributed by atoms with van der Waals surface area (Å²) in [7, 11) is 0. The molecule has 1 amide bonds. The number of piperidine rings is 1. The van der Waals surface area contributed by atoms with E-state index in [0.717, 1.165) is 55.2 Å². The van der Waals surface area contributed by atoms with E-state index in [1.807, 2.05) is 48.2 Å². The number of carbonyl (C=O) groups is 2. The number of aliphatic carboxylic acids is 1. The van der Waals surface area contributed by atoms with Gasteiger partial charge in [-0.1, -0.05) is 36.4 Å². The molecule has 0 saturated carbocycles. The summed E-state index contributed by atoms with van der Waals surface area (Å²) in [6, 6.07) is 21.5. The first-order valence-corrected chi connectivity index (χ1v) is 12.9. The van der Waals surface area contributed by atoms with Gasteiger partial charge in [-0.15, -0.1) is 0 Å². The Morgan fingerprint density at radius 2 is 1.82 bits per heavy atom. The average Bonchev–Trinajstić information content (AvgIpc) is 3.32. The van der Waals surface area contributed by atoms with Crippen molar-refractivity contribution in [2.75, 3.05) is 31.6 Å². The van der Waals surface area contributed by atoms with Crippen LogP contribution in [0.5, 0.6) is 5.75 Å². The van der Waals surface area contributed by atoms with Crippen LogP contribution in [0.25, 0.3) is 0 Å². The van der Waals surface area contributed by atoms with Crippen LogP contribution in [0.3, 0.4) is 0 Å². The maximum Gasteiger partial charge on any atom is 0.410 e. The summed E-state index contributed by atoms with van der Waals surface area (Å²) >= 11 is 0. The molecule has 2 aliphatic heterocycles. The number of nitrogens with zero attached hydrogens (tertiary/aromatic N) is 3. The molecule has 9 heteroatoms. The first-order valence-electron chi connectivity index (χ1n) is 12.9. The molecule has 1 aromatic heterocycles. The summed E-state index contributed by atoms with van der Waals surface area (Å²) in [6.07, 6.45) is 1.62. The number of benzene rings is 2. The maximum atomic E-state index is 12.6.